The molecule has 0 aliphatic heterocycles. The molecular formula is C48H30N2O. The van der Waals surface area contributed by atoms with E-state index in [0.717, 1.165) is 50.0 Å². The Morgan fingerprint density at radius 2 is 0.765 bits per heavy atom. The minimum absolute atomic E-state index is 0.887. The van der Waals surface area contributed by atoms with E-state index >= 15 is 0 Å². The van der Waals surface area contributed by atoms with E-state index in [1.807, 2.05) is 0 Å². The standard InChI is InChI=1S/C48H30N2O/c1-5-22-43-37(16-1)38-17-2-6-23-44(38)49(43)34-14-9-12-31(28-34)32-26-27-47-42(30-32)41-21-11-20-36(48(41)51-47)33-13-10-15-35(29-33)50-45-24-7-3-18-39(45)40-19-4-8-25-46(40)50/h1-30H. The number of benzene rings is 8. The molecule has 0 atom stereocenters. The first-order valence-corrected chi connectivity index (χ1v) is 17.4. The van der Waals surface area contributed by atoms with Crippen LogP contribution in [0.3, 0.4) is 0 Å². The number of hydrogen-bond donors (Lipinski definition) is 0. The van der Waals surface area contributed by atoms with Crippen LogP contribution in [0.1, 0.15) is 0 Å². The molecule has 11 aromatic rings. The summed E-state index contributed by atoms with van der Waals surface area (Å²) in [5.74, 6) is 0. The lowest BCUT2D eigenvalue weighted by atomic mass is 9.99. The molecule has 0 N–H and O–H groups in total. The van der Waals surface area contributed by atoms with Gasteiger partial charge in [0, 0.05) is 49.3 Å². The Labute approximate surface area is 293 Å². The van der Waals surface area contributed by atoms with Gasteiger partial charge >= 0.3 is 0 Å². The van der Waals surface area contributed by atoms with E-state index in [0.29, 0.717) is 0 Å². The number of aromatic nitrogens is 2. The maximum absolute atomic E-state index is 6.67. The maximum Gasteiger partial charge on any atom is 0.143 e. The van der Waals surface area contributed by atoms with Gasteiger partial charge in [0.15, 0.2) is 0 Å². The van der Waals surface area contributed by atoms with Crippen LogP contribution in [0.25, 0.3) is 99.2 Å². The molecule has 0 amide bonds. The van der Waals surface area contributed by atoms with E-state index in [1.165, 1.54) is 49.2 Å². The molecule has 3 heteroatoms. The molecule has 11 rings (SSSR count). The zero-order valence-electron chi connectivity index (χ0n) is 27.6. The number of fused-ring (bicyclic) bond motifs is 9. The van der Waals surface area contributed by atoms with Crippen LogP contribution in [0.15, 0.2) is 186 Å². The molecule has 3 heterocycles. The van der Waals surface area contributed by atoms with Gasteiger partial charge in [-0.1, -0.05) is 121 Å². The van der Waals surface area contributed by atoms with Gasteiger partial charge in [-0.05, 0) is 77.4 Å². The first-order chi connectivity index (χ1) is 25.3. The minimum atomic E-state index is 0.887. The third kappa shape index (κ3) is 4.19. The summed E-state index contributed by atoms with van der Waals surface area (Å²) in [7, 11) is 0. The molecular weight excluding hydrogens is 621 g/mol. The van der Waals surface area contributed by atoms with E-state index in [4.69, 9.17) is 4.42 Å². The molecule has 0 saturated heterocycles. The van der Waals surface area contributed by atoms with Crippen molar-refractivity contribution in [1.82, 2.24) is 9.13 Å². The van der Waals surface area contributed by atoms with Gasteiger partial charge in [-0.2, -0.15) is 0 Å². The molecule has 3 aromatic heterocycles. The Morgan fingerprint density at radius 3 is 1.33 bits per heavy atom. The minimum Gasteiger partial charge on any atom is -0.455 e. The normalized spacial score (nSPS) is 11.9. The molecule has 0 aliphatic carbocycles. The van der Waals surface area contributed by atoms with Crippen LogP contribution in [0.4, 0.5) is 0 Å². The quantitative estimate of drug-likeness (QED) is 0.186. The van der Waals surface area contributed by atoms with E-state index in [2.05, 4.69) is 191 Å². The predicted octanol–water partition coefficient (Wildman–Crippen LogP) is 13.1. The third-order valence-corrected chi connectivity index (χ3v) is 10.5. The van der Waals surface area contributed by atoms with Crippen molar-refractivity contribution in [3.63, 3.8) is 0 Å². The largest absolute Gasteiger partial charge is 0.455 e. The summed E-state index contributed by atoms with van der Waals surface area (Å²) in [6, 6.07) is 65.4. The van der Waals surface area contributed by atoms with Crippen LogP contribution >= 0.6 is 0 Å². The molecule has 0 aliphatic rings. The molecule has 0 spiro atoms. The molecule has 3 nitrogen and oxygen atoms in total. The van der Waals surface area contributed by atoms with E-state index in [-0.39, 0.29) is 0 Å². The van der Waals surface area contributed by atoms with Crippen LogP contribution in [-0.2, 0) is 0 Å². The molecule has 8 aromatic carbocycles. The predicted molar refractivity (Wildman–Crippen MR) is 213 cm³/mol. The first kappa shape index (κ1) is 28.0. The number of para-hydroxylation sites is 5. The van der Waals surface area contributed by atoms with Gasteiger partial charge in [0.25, 0.3) is 0 Å². The third-order valence-electron chi connectivity index (χ3n) is 10.5. The maximum atomic E-state index is 6.67. The average Bonchev–Trinajstić information content (AvgIpc) is 3.86. The second-order valence-electron chi connectivity index (χ2n) is 13.3. The SMILES string of the molecule is c1cc(-c2ccc3oc4c(-c5cccc(-n6c7ccccc7c7ccccc76)c5)cccc4c3c2)cc(-n2c3ccccc3c3ccccc32)c1. The summed E-state index contributed by atoms with van der Waals surface area (Å²) in [6.07, 6.45) is 0. The van der Waals surface area contributed by atoms with E-state index in [1.54, 1.807) is 0 Å². The van der Waals surface area contributed by atoms with Gasteiger partial charge in [-0.3, -0.25) is 0 Å². The highest BCUT2D eigenvalue weighted by atomic mass is 16.3. The van der Waals surface area contributed by atoms with Gasteiger partial charge in [-0.15, -0.1) is 0 Å². The van der Waals surface area contributed by atoms with Crippen molar-refractivity contribution >= 4 is 65.6 Å². The Bertz CT molecular complexity index is 3050. The van der Waals surface area contributed by atoms with Gasteiger partial charge in [0.05, 0.1) is 22.1 Å². The highest BCUT2D eigenvalue weighted by Gasteiger charge is 2.17. The average molecular weight is 651 g/mol. The van der Waals surface area contributed by atoms with Crippen molar-refractivity contribution in [3.8, 4) is 33.6 Å². The van der Waals surface area contributed by atoms with Crippen molar-refractivity contribution in [2.75, 3.05) is 0 Å². The molecule has 0 saturated carbocycles. The van der Waals surface area contributed by atoms with Crippen LogP contribution in [0.2, 0.25) is 0 Å². The fourth-order valence-electron chi connectivity index (χ4n) is 8.24. The Morgan fingerprint density at radius 1 is 0.314 bits per heavy atom. The number of nitrogens with zero attached hydrogens (tertiary/aromatic N) is 2. The number of rotatable bonds is 4. The first-order valence-electron chi connectivity index (χ1n) is 17.4. The zero-order chi connectivity index (χ0) is 33.5. The smallest absolute Gasteiger partial charge is 0.143 e. The number of furan rings is 1. The van der Waals surface area contributed by atoms with Crippen molar-refractivity contribution in [2.24, 2.45) is 0 Å². The van der Waals surface area contributed by atoms with Gasteiger partial charge < -0.3 is 13.6 Å². The second kappa shape index (κ2) is 10.8. The Hall–Kier alpha value is -6.84. The molecule has 0 radical (unpaired) electrons. The highest BCUT2D eigenvalue weighted by molar-refractivity contribution is 6.12. The van der Waals surface area contributed by atoms with Crippen LogP contribution in [0.5, 0.6) is 0 Å². The van der Waals surface area contributed by atoms with Crippen LogP contribution < -0.4 is 0 Å². The second-order valence-corrected chi connectivity index (χ2v) is 13.3. The van der Waals surface area contributed by atoms with Gasteiger partial charge in [0.1, 0.15) is 11.2 Å². The van der Waals surface area contributed by atoms with E-state index in [9.17, 15) is 0 Å². The summed E-state index contributed by atoms with van der Waals surface area (Å²) in [5.41, 5.74) is 13.4. The van der Waals surface area contributed by atoms with Gasteiger partial charge in [-0.25, -0.2) is 0 Å². The van der Waals surface area contributed by atoms with Crippen LogP contribution in [0, 0.1) is 0 Å². The lowest BCUT2D eigenvalue weighted by Gasteiger charge is -2.10. The molecule has 51 heavy (non-hydrogen) atoms. The fourth-order valence-corrected chi connectivity index (χ4v) is 8.24. The fraction of sp³-hybridized carbons (Fsp3) is 0. The topological polar surface area (TPSA) is 23.0 Å². The van der Waals surface area contributed by atoms with Crippen molar-refractivity contribution in [2.45, 2.75) is 0 Å². The highest BCUT2D eigenvalue weighted by Crippen LogP contribution is 2.40. The van der Waals surface area contributed by atoms with Gasteiger partial charge in [0.2, 0.25) is 0 Å². The molecule has 238 valence electrons. The lowest BCUT2D eigenvalue weighted by Crippen LogP contribution is -1.94. The lowest BCUT2D eigenvalue weighted by molar-refractivity contribution is 0.670. The monoisotopic (exact) mass is 650 g/mol. The van der Waals surface area contributed by atoms with Crippen molar-refractivity contribution in [3.05, 3.63) is 182 Å². The molecule has 0 bridgehead atoms. The van der Waals surface area contributed by atoms with Crippen LogP contribution in [-0.4, -0.2) is 9.13 Å². The summed E-state index contributed by atoms with van der Waals surface area (Å²) in [5, 5.41) is 7.28. The summed E-state index contributed by atoms with van der Waals surface area (Å²) in [6.45, 7) is 0. The summed E-state index contributed by atoms with van der Waals surface area (Å²) < 4.78 is 11.4. The van der Waals surface area contributed by atoms with Crippen molar-refractivity contribution in [1.29, 1.82) is 0 Å². The Kier molecular flexibility index (Phi) is 5.96. The van der Waals surface area contributed by atoms with E-state index < -0.39 is 0 Å². The van der Waals surface area contributed by atoms with Crippen molar-refractivity contribution < 1.29 is 4.42 Å². The summed E-state index contributed by atoms with van der Waals surface area (Å²) in [4.78, 5) is 0. The summed E-state index contributed by atoms with van der Waals surface area (Å²) >= 11 is 0. The zero-order valence-corrected chi connectivity index (χ0v) is 27.6. The molecule has 0 unspecified atom stereocenters. The number of hydrogen-bond acceptors (Lipinski definition) is 1. The Balaban J connectivity index is 1.03. The molecule has 0 fully saturated rings.